The number of hydrogen-bond donors (Lipinski definition) is 0. The van der Waals surface area contributed by atoms with E-state index in [2.05, 4.69) is 0 Å². The van der Waals surface area contributed by atoms with Gasteiger partial charge in [-0.05, 0) is 30.3 Å². The van der Waals surface area contributed by atoms with Gasteiger partial charge in [0, 0.05) is 0 Å². The number of para-hydroxylation sites is 1. The van der Waals surface area contributed by atoms with Crippen molar-refractivity contribution in [2.24, 2.45) is 0 Å². The van der Waals surface area contributed by atoms with E-state index in [1.807, 2.05) is 0 Å². The Labute approximate surface area is 101 Å². The zero-order chi connectivity index (χ0) is 13.2. The van der Waals surface area contributed by atoms with E-state index in [0.717, 1.165) is 12.1 Å². The van der Waals surface area contributed by atoms with Crippen LogP contribution in [0.2, 0.25) is 0 Å². The van der Waals surface area contributed by atoms with Crippen LogP contribution in [0.3, 0.4) is 0 Å². The van der Waals surface area contributed by atoms with Gasteiger partial charge < -0.3 is 4.74 Å². The number of benzene rings is 2. The summed E-state index contributed by atoms with van der Waals surface area (Å²) in [7, 11) is 0. The van der Waals surface area contributed by atoms with Crippen molar-refractivity contribution >= 4 is 0 Å². The van der Waals surface area contributed by atoms with Gasteiger partial charge in [0.05, 0.1) is 0 Å². The SMILES string of the molecule is Fc1ccc(Oc2ccccc2)c(C(F)(F)F)c1. The lowest BCUT2D eigenvalue weighted by atomic mass is 10.2. The Morgan fingerprint density at radius 3 is 2.17 bits per heavy atom. The minimum atomic E-state index is -4.66. The number of alkyl halides is 3. The minimum absolute atomic E-state index is 0.259. The molecule has 5 heteroatoms. The first-order valence-electron chi connectivity index (χ1n) is 5.06. The molecule has 0 aliphatic rings. The Balaban J connectivity index is 2.39. The number of hydrogen-bond acceptors (Lipinski definition) is 1. The van der Waals surface area contributed by atoms with E-state index in [1.165, 1.54) is 12.1 Å². The van der Waals surface area contributed by atoms with Gasteiger partial charge in [-0.15, -0.1) is 0 Å². The van der Waals surface area contributed by atoms with Crippen molar-refractivity contribution in [1.82, 2.24) is 0 Å². The van der Waals surface area contributed by atoms with Crippen molar-refractivity contribution in [2.75, 3.05) is 0 Å². The molecule has 1 nitrogen and oxygen atoms in total. The largest absolute Gasteiger partial charge is 0.457 e. The van der Waals surface area contributed by atoms with Crippen molar-refractivity contribution in [1.29, 1.82) is 0 Å². The van der Waals surface area contributed by atoms with Crippen LogP contribution in [0.4, 0.5) is 17.6 Å². The first-order chi connectivity index (χ1) is 8.47. The molecule has 2 rings (SSSR count). The van der Waals surface area contributed by atoms with Crippen molar-refractivity contribution < 1.29 is 22.3 Å². The predicted molar refractivity (Wildman–Crippen MR) is 57.9 cm³/mol. The second kappa shape index (κ2) is 4.68. The van der Waals surface area contributed by atoms with E-state index in [1.54, 1.807) is 18.2 Å². The number of rotatable bonds is 2. The highest BCUT2D eigenvalue weighted by atomic mass is 19.4. The smallest absolute Gasteiger partial charge is 0.420 e. The molecule has 0 fully saturated rings. The lowest BCUT2D eigenvalue weighted by Crippen LogP contribution is -2.07. The third-order valence-corrected chi connectivity index (χ3v) is 2.22. The third kappa shape index (κ3) is 2.80. The van der Waals surface area contributed by atoms with Gasteiger partial charge in [-0.25, -0.2) is 4.39 Å². The van der Waals surface area contributed by atoms with Crippen LogP contribution in [0.25, 0.3) is 0 Å². The third-order valence-electron chi connectivity index (χ3n) is 2.22. The molecule has 0 N–H and O–H groups in total. The van der Waals surface area contributed by atoms with Gasteiger partial charge in [0.2, 0.25) is 0 Å². The Bertz CT molecular complexity index is 534. The Morgan fingerprint density at radius 1 is 0.889 bits per heavy atom. The summed E-state index contributed by atoms with van der Waals surface area (Å²) >= 11 is 0. The highest BCUT2D eigenvalue weighted by Gasteiger charge is 2.35. The summed E-state index contributed by atoms with van der Waals surface area (Å²) in [6, 6.07) is 10.3. The summed E-state index contributed by atoms with van der Waals surface area (Å²) in [4.78, 5) is 0. The van der Waals surface area contributed by atoms with Crippen LogP contribution in [-0.4, -0.2) is 0 Å². The fraction of sp³-hybridized carbons (Fsp3) is 0.0769. The van der Waals surface area contributed by atoms with Crippen LogP contribution < -0.4 is 4.74 Å². The summed E-state index contributed by atoms with van der Waals surface area (Å²) in [5, 5.41) is 0. The van der Waals surface area contributed by atoms with Crippen LogP contribution in [0.1, 0.15) is 5.56 Å². The minimum Gasteiger partial charge on any atom is -0.457 e. The molecule has 0 spiro atoms. The maximum absolute atomic E-state index is 12.9. The molecular weight excluding hydrogens is 248 g/mol. The molecule has 0 unspecified atom stereocenters. The van der Waals surface area contributed by atoms with Crippen LogP contribution >= 0.6 is 0 Å². The molecule has 2 aromatic carbocycles. The fourth-order valence-corrected chi connectivity index (χ4v) is 1.43. The average molecular weight is 256 g/mol. The predicted octanol–water partition coefficient (Wildman–Crippen LogP) is 4.64. The van der Waals surface area contributed by atoms with Gasteiger partial charge in [0.25, 0.3) is 0 Å². The monoisotopic (exact) mass is 256 g/mol. The van der Waals surface area contributed by atoms with Crippen LogP contribution in [0, 0.1) is 5.82 Å². The van der Waals surface area contributed by atoms with Gasteiger partial charge in [0.1, 0.15) is 22.9 Å². The van der Waals surface area contributed by atoms with Crippen molar-refractivity contribution in [3.05, 3.63) is 59.9 Å². The highest BCUT2D eigenvalue weighted by Crippen LogP contribution is 2.38. The van der Waals surface area contributed by atoms with Crippen molar-refractivity contribution in [3.63, 3.8) is 0 Å². The summed E-state index contributed by atoms with van der Waals surface area (Å²) in [5.41, 5.74) is -1.13. The van der Waals surface area contributed by atoms with E-state index in [0.29, 0.717) is 6.07 Å². The van der Waals surface area contributed by atoms with Crippen LogP contribution in [0.15, 0.2) is 48.5 Å². The first kappa shape index (κ1) is 12.4. The molecular formula is C13H8F4O. The molecule has 0 radical (unpaired) electrons. The average Bonchev–Trinajstić information content (AvgIpc) is 2.31. The second-order valence-electron chi connectivity index (χ2n) is 3.55. The van der Waals surface area contributed by atoms with Gasteiger partial charge in [-0.2, -0.15) is 13.2 Å². The maximum Gasteiger partial charge on any atom is 0.420 e. The zero-order valence-electron chi connectivity index (χ0n) is 9.04. The van der Waals surface area contributed by atoms with Gasteiger partial charge in [0.15, 0.2) is 0 Å². The Hall–Kier alpha value is -2.04. The molecule has 0 saturated carbocycles. The molecule has 0 aliphatic heterocycles. The molecule has 18 heavy (non-hydrogen) atoms. The quantitative estimate of drug-likeness (QED) is 0.711. The topological polar surface area (TPSA) is 9.23 Å². The Kier molecular flexibility index (Phi) is 3.23. The van der Waals surface area contributed by atoms with Gasteiger partial charge >= 0.3 is 6.18 Å². The summed E-state index contributed by atoms with van der Waals surface area (Å²) in [5.74, 6) is -1.12. The van der Waals surface area contributed by atoms with Crippen molar-refractivity contribution in [3.8, 4) is 11.5 Å². The van der Waals surface area contributed by atoms with E-state index in [-0.39, 0.29) is 5.75 Å². The fourth-order valence-electron chi connectivity index (χ4n) is 1.43. The van der Waals surface area contributed by atoms with Crippen LogP contribution in [-0.2, 0) is 6.18 Å². The molecule has 0 atom stereocenters. The normalized spacial score (nSPS) is 11.3. The summed E-state index contributed by atoms with van der Waals surface area (Å²) < 4.78 is 56.0. The van der Waals surface area contributed by atoms with Gasteiger partial charge in [-0.3, -0.25) is 0 Å². The van der Waals surface area contributed by atoms with Crippen molar-refractivity contribution in [2.45, 2.75) is 6.18 Å². The van der Waals surface area contributed by atoms with E-state index in [4.69, 9.17) is 4.74 Å². The standard InChI is InChI=1S/C13H8F4O/c14-9-6-7-12(11(8-9)13(15,16)17)18-10-4-2-1-3-5-10/h1-8H. The summed E-state index contributed by atoms with van der Waals surface area (Å²) in [6.07, 6.45) is -4.66. The van der Waals surface area contributed by atoms with E-state index < -0.39 is 23.3 Å². The molecule has 94 valence electrons. The molecule has 2 aromatic rings. The lowest BCUT2D eigenvalue weighted by molar-refractivity contribution is -0.138. The lowest BCUT2D eigenvalue weighted by Gasteiger charge is -2.13. The van der Waals surface area contributed by atoms with Gasteiger partial charge in [-0.1, -0.05) is 18.2 Å². The molecule has 0 saturated heterocycles. The maximum atomic E-state index is 12.9. The first-order valence-corrected chi connectivity index (χ1v) is 5.06. The molecule has 0 amide bonds. The second-order valence-corrected chi connectivity index (χ2v) is 3.55. The van der Waals surface area contributed by atoms with E-state index >= 15 is 0 Å². The highest BCUT2D eigenvalue weighted by molar-refractivity contribution is 5.39. The molecule has 0 aromatic heterocycles. The van der Waals surface area contributed by atoms with Crippen LogP contribution in [0.5, 0.6) is 11.5 Å². The molecule has 0 heterocycles. The number of ether oxygens (including phenoxy) is 1. The Morgan fingerprint density at radius 2 is 1.56 bits per heavy atom. The van der Waals surface area contributed by atoms with E-state index in [9.17, 15) is 17.6 Å². The summed E-state index contributed by atoms with van der Waals surface area (Å²) in [6.45, 7) is 0. The number of halogens is 4. The zero-order valence-corrected chi connectivity index (χ0v) is 9.04. The molecule has 0 aliphatic carbocycles. The molecule has 0 bridgehead atoms.